The fraction of sp³-hybridized carbons (Fsp3) is 0.769. The highest BCUT2D eigenvalue weighted by atomic mass is 14.3. The quantitative estimate of drug-likeness (QED) is 0.577. The van der Waals surface area contributed by atoms with Crippen molar-refractivity contribution in [1.82, 2.24) is 0 Å². The number of nitriles is 1. The van der Waals surface area contributed by atoms with Crippen molar-refractivity contribution in [2.24, 2.45) is 11.3 Å². The van der Waals surface area contributed by atoms with Crippen LogP contribution in [-0.4, -0.2) is 0 Å². The Hall–Kier alpha value is -0.770. The third kappa shape index (κ3) is 3.96. The first-order valence-electron chi connectivity index (χ1n) is 5.48. The van der Waals surface area contributed by atoms with Crippen LogP contribution in [0.1, 0.15) is 53.4 Å². The summed E-state index contributed by atoms with van der Waals surface area (Å²) in [5.41, 5.74) is 1.48. The number of rotatable bonds is 6. The van der Waals surface area contributed by atoms with E-state index >= 15 is 0 Å². The van der Waals surface area contributed by atoms with Gasteiger partial charge in [-0.25, -0.2) is 0 Å². The van der Waals surface area contributed by atoms with Crippen molar-refractivity contribution >= 4 is 0 Å². The third-order valence-electron chi connectivity index (χ3n) is 3.00. The number of hydrogen-bond acceptors (Lipinski definition) is 1. The van der Waals surface area contributed by atoms with Gasteiger partial charge in [-0.1, -0.05) is 39.3 Å². The van der Waals surface area contributed by atoms with Gasteiger partial charge in [-0.2, -0.15) is 5.26 Å². The van der Waals surface area contributed by atoms with Crippen LogP contribution in [-0.2, 0) is 0 Å². The summed E-state index contributed by atoms with van der Waals surface area (Å²) in [5.74, 6) is 0.556. The van der Waals surface area contributed by atoms with Crippen LogP contribution < -0.4 is 0 Å². The maximum absolute atomic E-state index is 8.61. The van der Waals surface area contributed by atoms with Gasteiger partial charge in [0.1, 0.15) is 0 Å². The van der Waals surface area contributed by atoms with E-state index in [9.17, 15) is 0 Å². The summed E-state index contributed by atoms with van der Waals surface area (Å²) >= 11 is 0. The molecule has 1 nitrogen and oxygen atoms in total. The average Bonchev–Trinajstić information content (AvgIpc) is 2.10. The van der Waals surface area contributed by atoms with Crippen molar-refractivity contribution < 1.29 is 0 Å². The van der Waals surface area contributed by atoms with Crippen LogP contribution in [0.25, 0.3) is 0 Å². The molecular formula is C13H23N. The monoisotopic (exact) mass is 193 g/mol. The van der Waals surface area contributed by atoms with Gasteiger partial charge in [0.05, 0.1) is 6.07 Å². The molecule has 0 N–H and O–H groups in total. The molecule has 0 aliphatic heterocycles. The van der Waals surface area contributed by atoms with Gasteiger partial charge in [0.25, 0.3) is 0 Å². The van der Waals surface area contributed by atoms with Gasteiger partial charge >= 0.3 is 0 Å². The highest BCUT2D eigenvalue weighted by Crippen LogP contribution is 2.38. The molecule has 0 radical (unpaired) electrons. The molecule has 0 rings (SSSR count). The molecule has 0 heterocycles. The Morgan fingerprint density at radius 2 is 2.07 bits per heavy atom. The maximum atomic E-state index is 8.61. The fourth-order valence-corrected chi connectivity index (χ4v) is 2.15. The smallest absolute Gasteiger partial charge is 0.0621 e. The van der Waals surface area contributed by atoms with Crippen LogP contribution in [0.2, 0.25) is 0 Å². The van der Waals surface area contributed by atoms with Gasteiger partial charge in [-0.05, 0) is 31.1 Å². The Morgan fingerprint density at radius 1 is 1.50 bits per heavy atom. The maximum Gasteiger partial charge on any atom is 0.0621 e. The first-order chi connectivity index (χ1) is 6.45. The zero-order valence-corrected chi connectivity index (χ0v) is 10.1. The standard InChI is InChI=1S/C13H23N/c1-6-8-12(11(2)3)13(4,5)9-7-10-14/h12H,2,6-9H2,1,3-5H3. The van der Waals surface area contributed by atoms with E-state index in [4.69, 9.17) is 5.26 Å². The van der Waals surface area contributed by atoms with Crippen molar-refractivity contribution in [3.05, 3.63) is 12.2 Å². The van der Waals surface area contributed by atoms with E-state index in [1.54, 1.807) is 0 Å². The zero-order valence-electron chi connectivity index (χ0n) is 10.1. The molecule has 80 valence electrons. The lowest BCUT2D eigenvalue weighted by molar-refractivity contribution is 0.217. The molecule has 0 bridgehead atoms. The number of nitrogens with zero attached hydrogens (tertiary/aromatic N) is 1. The highest BCUT2D eigenvalue weighted by Gasteiger charge is 2.28. The largest absolute Gasteiger partial charge is 0.198 e. The Labute approximate surface area is 88.8 Å². The lowest BCUT2D eigenvalue weighted by atomic mass is 9.70. The van der Waals surface area contributed by atoms with Gasteiger partial charge in [0, 0.05) is 6.42 Å². The summed E-state index contributed by atoms with van der Waals surface area (Å²) in [6.45, 7) is 12.9. The van der Waals surface area contributed by atoms with Gasteiger partial charge in [-0.3, -0.25) is 0 Å². The molecule has 0 fully saturated rings. The first-order valence-corrected chi connectivity index (χ1v) is 5.48. The van der Waals surface area contributed by atoms with Gasteiger partial charge < -0.3 is 0 Å². The van der Waals surface area contributed by atoms with Gasteiger partial charge in [0.15, 0.2) is 0 Å². The van der Waals surface area contributed by atoms with E-state index in [-0.39, 0.29) is 5.41 Å². The number of allylic oxidation sites excluding steroid dienone is 1. The summed E-state index contributed by atoms with van der Waals surface area (Å²) < 4.78 is 0. The Kier molecular flexibility index (Phi) is 5.53. The molecule has 1 atom stereocenters. The SMILES string of the molecule is C=C(C)C(CCC)C(C)(C)CCC#N. The third-order valence-corrected chi connectivity index (χ3v) is 3.00. The fourth-order valence-electron chi connectivity index (χ4n) is 2.15. The van der Waals surface area contributed by atoms with Crippen molar-refractivity contribution in [1.29, 1.82) is 5.26 Å². The van der Waals surface area contributed by atoms with Gasteiger partial charge in [-0.15, -0.1) is 0 Å². The highest BCUT2D eigenvalue weighted by molar-refractivity contribution is 5.02. The van der Waals surface area contributed by atoms with E-state index in [2.05, 4.69) is 40.3 Å². The van der Waals surface area contributed by atoms with Crippen molar-refractivity contribution in [3.63, 3.8) is 0 Å². The summed E-state index contributed by atoms with van der Waals surface area (Å²) in [6, 6.07) is 2.23. The predicted octanol–water partition coefficient (Wildman–Crippen LogP) is 4.31. The molecule has 0 saturated carbocycles. The lowest BCUT2D eigenvalue weighted by Gasteiger charge is -2.34. The topological polar surface area (TPSA) is 23.8 Å². The van der Waals surface area contributed by atoms with Crippen LogP contribution in [0.4, 0.5) is 0 Å². The van der Waals surface area contributed by atoms with Crippen LogP contribution >= 0.6 is 0 Å². The summed E-state index contributed by atoms with van der Waals surface area (Å²) in [4.78, 5) is 0. The van der Waals surface area contributed by atoms with E-state index in [0.717, 1.165) is 6.42 Å². The van der Waals surface area contributed by atoms with Gasteiger partial charge in [0.2, 0.25) is 0 Å². The lowest BCUT2D eigenvalue weighted by Crippen LogP contribution is -2.24. The minimum absolute atomic E-state index is 0.220. The predicted molar refractivity (Wildman–Crippen MR) is 61.8 cm³/mol. The van der Waals surface area contributed by atoms with E-state index < -0.39 is 0 Å². The Bertz CT molecular complexity index is 220. The molecule has 0 aromatic heterocycles. The molecule has 0 amide bonds. The minimum atomic E-state index is 0.220. The Balaban J connectivity index is 4.46. The molecule has 0 aliphatic carbocycles. The van der Waals surface area contributed by atoms with E-state index in [0.29, 0.717) is 12.3 Å². The van der Waals surface area contributed by atoms with Crippen LogP contribution in [0.3, 0.4) is 0 Å². The Morgan fingerprint density at radius 3 is 2.43 bits per heavy atom. The molecule has 0 spiro atoms. The molecule has 0 aromatic carbocycles. The second kappa shape index (κ2) is 5.86. The zero-order chi connectivity index (χ0) is 11.2. The van der Waals surface area contributed by atoms with Crippen LogP contribution in [0, 0.1) is 22.7 Å². The van der Waals surface area contributed by atoms with Crippen molar-refractivity contribution in [3.8, 4) is 6.07 Å². The normalized spacial score (nSPS) is 13.4. The first kappa shape index (κ1) is 13.2. The molecule has 0 aliphatic rings. The second-order valence-electron chi connectivity index (χ2n) is 4.83. The summed E-state index contributed by atoms with van der Waals surface area (Å²) in [6.07, 6.45) is 4.00. The molecular weight excluding hydrogens is 170 g/mol. The molecule has 1 unspecified atom stereocenters. The molecule has 1 heteroatoms. The van der Waals surface area contributed by atoms with Crippen LogP contribution in [0.15, 0.2) is 12.2 Å². The van der Waals surface area contributed by atoms with E-state index in [1.807, 2.05) is 0 Å². The van der Waals surface area contributed by atoms with Crippen molar-refractivity contribution in [2.75, 3.05) is 0 Å². The summed E-state index contributed by atoms with van der Waals surface area (Å²) in [7, 11) is 0. The second-order valence-corrected chi connectivity index (χ2v) is 4.83. The molecule has 0 saturated heterocycles. The average molecular weight is 193 g/mol. The van der Waals surface area contributed by atoms with E-state index in [1.165, 1.54) is 18.4 Å². The minimum Gasteiger partial charge on any atom is -0.198 e. The van der Waals surface area contributed by atoms with Crippen molar-refractivity contribution in [2.45, 2.75) is 53.4 Å². The number of hydrogen-bond donors (Lipinski definition) is 0. The summed E-state index contributed by atoms with van der Waals surface area (Å²) in [5, 5.41) is 8.61. The molecule has 0 aromatic rings. The van der Waals surface area contributed by atoms with Crippen LogP contribution in [0.5, 0.6) is 0 Å². The molecule has 14 heavy (non-hydrogen) atoms.